The molecule has 0 aromatic heterocycles. The molecule has 1 aromatic carbocycles. The van der Waals surface area contributed by atoms with E-state index in [9.17, 15) is 4.79 Å². The number of hydrogen-bond donors (Lipinski definition) is 2. The Morgan fingerprint density at radius 2 is 2.10 bits per heavy atom. The van der Waals surface area contributed by atoms with E-state index in [2.05, 4.69) is 5.32 Å². The number of hydrogen-bond acceptors (Lipinski definition) is 3. The molecule has 5 heteroatoms. The molecule has 0 radical (unpaired) electrons. The van der Waals surface area contributed by atoms with Crippen molar-refractivity contribution in [2.24, 2.45) is 0 Å². The number of amides is 1. The lowest BCUT2D eigenvalue weighted by molar-refractivity contribution is -0.117. The second-order valence-electron chi connectivity index (χ2n) is 5.16. The second-order valence-corrected chi connectivity index (χ2v) is 5.60. The van der Waals surface area contributed by atoms with Gasteiger partial charge in [-0.3, -0.25) is 4.79 Å². The van der Waals surface area contributed by atoms with Gasteiger partial charge in [0.15, 0.2) is 0 Å². The molecule has 1 saturated carbocycles. The highest BCUT2D eigenvalue weighted by molar-refractivity contribution is 6.31. The summed E-state index contributed by atoms with van der Waals surface area (Å²) in [6, 6.07) is 5.02. The van der Waals surface area contributed by atoms with Crippen LogP contribution in [0.25, 0.3) is 0 Å². The van der Waals surface area contributed by atoms with Crippen LogP contribution < -0.4 is 11.1 Å². The lowest BCUT2D eigenvalue weighted by Crippen LogP contribution is -2.20. The fourth-order valence-corrected chi connectivity index (χ4v) is 2.57. The highest BCUT2D eigenvalue weighted by atomic mass is 35.5. The lowest BCUT2D eigenvalue weighted by atomic mass is 9.98. The first-order chi connectivity index (χ1) is 9.65. The Morgan fingerprint density at radius 3 is 2.85 bits per heavy atom. The van der Waals surface area contributed by atoms with Crippen molar-refractivity contribution in [3.63, 3.8) is 0 Å². The molecule has 1 amide bonds. The minimum Gasteiger partial charge on any atom is -0.397 e. The number of halogens is 1. The van der Waals surface area contributed by atoms with E-state index >= 15 is 0 Å². The predicted octanol–water partition coefficient (Wildman–Crippen LogP) is 3.60. The predicted molar refractivity (Wildman–Crippen MR) is 81.9 cm³/mol. The Balaban J connectivity index is 1.73. The van der Waals surface area contributed by atoms with Gasteiger partial charge in [0.05, 0.1) is 30.5 Å². The number of rotatable bonds is 5. The van der Waals surface area contributed by atoms with Gasteiger partial charge in [-0.15, -0.1) is 0 Å². The summed E-state index contributed by atoms with van der Waals surface area (Å²) in [5.74, 6) is -0.102. The molecule has 20 heavy (non-hydrogen) atoms. The van der Waals surface area contributed by atoms with Gasteiger partial charge in [0.25, 0.3) is 0 Å². The SMILES string of the molecule is Nc1ccc(Cl)cc1NC(=O)CCOC1CCCCC1. The zero-order valence-electron chi connectivity index (χ0n) is 11.5. The van der Waals surface area contributed by atoms with Gasteiger partial charge in [0.2, 0.25) is 5.91 Å². The number of anilines is 2. The molecule has 3 N–H and O–H groups in total. The number of carbonyl (C=O) groups excluding carboxylic acids is 1. The highest BCUT2D eigenvalue weighted by Gasteiger charge is 2.14. The zero-order valence-corrected chi connectivity index (χ0v) is 12.3. The molecule has 0 bridgehead atoms. The fraction of sp³-hybridized carbons (Fsp3) is 0.533. The van der Waals surface area contributed by atoms with Crippen LogP contribution in [0.15, 0.2) is 18.2 Å². The number of ether oxygens (including phenoxy) is 1. The topological polar surface area (TPSA) is 64.3 Å². The first-order valence-corrected chi connectivity index (χ1v) is 7.49. The van der Waals surface area contributed by atoms with Crippen molar-refractivity contribution in [2.75, 3.05) is 17.7 Å². The van der Waals surface area contributed by atoms with Gasteiger partial charge in [0.1, 0.15) is 0 Å². The Hall–Kier alpha value is -1.26. The lowest BCUT2D eigenvalue weighted by Gasteiger charge is -2.21. The molecule has 1 fully saturated rings. The first-order valence-electron chi connectivity index (χ1n) is 7.11. The monoisotopic (exact) mass is 296 g/mol. The van der Waals surface area contributed by atoms with Crippen molar-refractivity contribution in [3.8, 4) is 0 Å². The Kier molecular flexibility index (Phi) is 5.68. The fourth-order valence-electron chi connectivity index (χ4n) is 2.40. The van der Waals surface area contributed by atoms with Crippen molar-refractivity contribution in [2.45, 2.75) is 44.6 Å². The Bertz CT molecular complexity index is 459. The van der Waals surface area contributed by atoms with Crippen LogP contribution >= 0.6 is 11.6 Å². The number of nitrogen functional groups attached to an aromatic ring is 1. The second kappa shape index (κ2) is 7.50. The third-order valence-electron chi connectivity index (χ3n) is 3.52. The molecule has 1 aliphatic rings. The van der Waals surface area contributed by atoms with Crippen molar-refractivity contribution < 1.29 is 9.53 Å². The normalized spacial score (nSPS) is 16.1. The van der Waals surface area contributed by atoms with Crippen LogP contribution in [-0.4, -0.2) is 18.6 Å². The molecule has 4 nitrogen and oxygen atoms in total. The van der Waals surface area contributed by atoms with Gasteiger partial charge in [-0.25, -0.2) is 0 Å². The Morgan fingerprint density at radius 1 is 1.35 bits per heavy atom. The summed E-state index contributed by atoms with van der Waals surface area (Å²) >= 11 is 5.87. The van der Waals surface area contributed by atoms with Crippen LogP contribution in [0.1, 0.15) is 38.5 Å². The van der Waals surface area contributed by atoms with Crippen LogP contribution in [-0.2, 0) is 9.53 Å². The maximum absolute atomic E-state index is 11.8. The average Bonchev–Trinajstić information content (AvgIpc) is 2.44. The largest absolute Gasteiger partial charge is 0.397 e. The van der Waals surface area contributed by atoms with Gasteiger partial charge in [-0.05, 0) is 31.0 Å². The van der Waals surface area contributed by atoms with E-state index in [1.807, 2.05) is 0 Å². The van der Waals surface area contributed by atoms with Crippen LogP contribution in [0.3, 0.4) is 0 Å². The third kappa shape index (κ3) is 4.69. The van der Waals surface area contributed by atoms with E-state index in [-0.39, 0.29) is 5.91 Å². The minimum absolute atomic E-state index is 0.102. The highest BCUT2D eigenvalue weighted by Crippen LogP contribution is 2.23. The number of carbonyl (C=O) groups is 1. The van der Waals surface area contributed by atoms with Crippen molar-refractivity contribution in [1.29, 1.82) is 0 Å². The minimum atomic E-state index is -0.102. The van der Waals surface area contributed by atoms with Gasteiger partial charge in [-0.1, -0.05) is 30.9 Å². The summed E-state index contributed by atoms with van der Waals surface area (Å²) in [5.41, 5.74) is 6.84. The molecule has 0 atom stereocenters. The maximum atomic E-state index is 11.8. The number of benzene rings is 1. The molecule has 0 aliphatic heterocycles. The van der Waals surface area contributed by atoms with Gasteiger partial charge >= 0.3 is 0 Å². The molecular weight excluding hydrogens is 276 g/mol. The molecule has 2 rings (SSSR count). The van der Waals surface area contributed by atoms with Gasteiger partial charge < -0.3 is 15.8 Å². The maximum Gasteiger partial charge on any atom is 0.226 e. The van der Waals surface area contributed by atoms with Crippen molar-refractivity contribution in [3.05, 3.63) is 23.2 Å². The zero-order chi connectivity index (χ0) is 14.4. The standard InChI is InChI=1S/C15H21ClN2O2/c16-11-6-7-13(17)14(10-11)18-15(19)8-9-20-12-4-2-1-3-5-12/h6-7,10,12H,1-5,8-9,17H2,(H,18,19). The third-order valence-corrected chi connectivity index (χ3v) is 3.76. The van der Waals surface area contributed by atoms with Gasteiger partial charge in [0, 0.05) is 5.02 Å². The summed E-state index contributed by atoms with van der Waals surface area (Å²) in [5, 5.41) is 3.31. The molecule has 1 aromatic rings. The Labute approximate surface area is 124 Å². The van der Waals surface area contributed by atoms with Crippen molar-refractivity contribution in [1.82, 2.24) is 0 Å². The molecule has 0 unspecified atom stereocenters. The summed E-state index contributed by atoms with van der Waals surface area (Å²) in [7, 11) is 0. The van der Waals surface area contributed by atoms with E-state index in [4.69, 9.17) is 22.1 Å². The van der Waals surface area contributed by atoms with Crippen LogP contribution in [0.2, 0.25) is 5.02 Å². The smallest absolute Gasteiger partial charge is 0.226 e. The van der Waals surface area contributed by atoms with E-state index in [1.165, 1.54) is 19.3 Å². The van der Waals surface area contributed by atoms with E-state index in [0.29, 0.717) is 35.5 Å². The molecular formula is C15H21ClN2O2. The van der Waals surface area contributed by atoms with Crippen molar-refractivity contribution >= 4 is 28.9 Å². The first kappa shape index (κ1) is 15.1. The van der Waals surface area contributed by atoms with E-state index in [1.54, 1.807) is 18.2 Å². The molecule has 0 saturated heterocycles. The van der Waals surface area contributed by atoms with Gasteiger partial charge in [-0.2, -0.15) is 0 Å². The molecule has 110 valence electrons. The summed E-state index contributed by atoms with van der Waals surface area (Å²) in [6.45, 7) is 0.455. The number of nitrogens with one attached hydrogen (secondary N) is 1. The van der Waals surface area contributed by atoms with Crippen LogP contribution in [0.4, 0.5) is 11.4 Å². The summed E-state index contributed by atoms with van der Waals surface area (Å²) in [4.78, 5) is 11.8. The summed E-state index contributed by atoms with van der Waals surface area (Å²) in [6.07, 6.45) is 6.65. The summed E-state index contributed by atoms with van der Waals surface area (Å²) < 4.78 is 5.73. The van der Waals surface area contributed by atoms with Crippen LogP contribution in [0, 0.1) is 0 Å². The molecule has 1 aliphatic carbocycles. The molecule has 0 spiro atoms. The van der Waals surface area contributed by atoms with Crippen LogP contribution in [0.5, 0.6) is 0 Å². The molecule has 0 heterocycles. The average molecular weight is 297 g/mol. The quantitative estimate of drug-likeness (QED) is 0.816. The van der Waals surface area contributed by atoms with E-state index < -0.39 is 0 Å². The number of nitrogens with two attached hydrogens (primary N) is 1. The van der Waals surface area contributed by atoms with E-state index in [0.717, 1.165) is 12.8 Å².